The van der Waals surface area contributed by atoms with Crippen molar-refractivity contribution in [2.24, 2.45) is 0 Å². The summed E-state index contributed by atoms with van der Waals surface area (Å²) in [4.78, 5) is 15.3. The van der Waals surface area contributed by atoms with E-state index in [1.54, 1.807) is 23.1 Å². The highest BCUT2D eigenvalue weighted by atomic mass is 32.2. The molecule has 0 bridgehead atoms. The first-order chi connectivity index (χ1) is 15.3. The summed E-state index contributed by atoms with van der Waals surface area (Å²) in [6.45, 7) is 6.94. The van der Waals surface area contributed by atoms with Crippen molar-refractivity contribution in [1.82, 2.24) is 14.1 Å². The molecule has 1 fully saturated rings. The zero-order valence-electron chi connectivity index (χ0n) is 18.9. The summed E-state index contributed by atoms with van der Waals surface area (Å²) in [7, 11) is -3.62. The zero-order chi connectivity index (χ0) is 22.9. The van der Waals surface area contributed by atoms with Crippen LogP contribution in [0.25, 0.3) is 10.8 Å². The van der Waals surface area contributed by atoms with Gasteiger partial charge in [0.25, 0.3) is 0 Å². The number of rotatable bonds is 6. The van der Waals surface area contributed by atoms with Crippen LogP contribution in [0, 0.1) is 13.8 Å². The van der Waals surface area contributed by atoms with E-state index >= 15 is 0 Å². The smallest absolute Gasteiger partial charge is 0.248 e. The fourth-order valence-electron chi connectivity index (χ4n) is 4.58. The molecule has 0 aliphatic carbocycles. The molecule has 0 N–H and O–H groups in total. The number of carbonyl (C=O) groups excluding carboxylic acids is 1. The molecule has 2 heterocycles. The van der Waals surface area contributed by atoms with Crippen LogP contribution >= 0.6 is 0 Å². The molecular weight excluding hydrogens is 424 g/mol. The normalized spacial score (nSPS) is 15.2. The minimum atomic E-state index is -3.62. The number of hydrogen-bond acceptors (Lipinski definition) is 4. The molecule has 1 saturated heterocycles. The summed E-state index contributed by atoms with van der Waals surface area (Å²) < 4.78 is 29.6. The van der Waals surface area contributed by atoms with Crippen molar-refractivity contribution in [3.8, 4) is 0 Å². The third-order valence-corrected chi connectivity index (χ3v) is 8.34. The van der Waals surface area contributed by atoms with Crippen molar-refractivity contribution in [1.29, 1.82) is 0 Å². The highest BCUT2D eigenvalue weighted by Crippen LogP contribution is 2.28. The van der Waals surface area contributed by atoms with E-state index in [0.717, 1.165) is 35.7 Å². The Hall–Kier alpha value is -2.71. The molecule has 170 valence electrons. The van der Waals surface area contributed by atoms with Gasteiger partial charge in [-0.3, -0.25) is 9.48 Å². The van der Waals surface area contributed by atoms with Crippen molar-refractivity contribution < 1.29 is 13.2 Å². The van der Waals surface area contributed by atoms with Gasteiger partial charge in [-0.05, 0) is 45.1 Å². The summed E-state index contributed by atoms with van der Waals surface area (Å²) in [5, 5.41) is 6.52. The third kappa shape index (κ3) is 4.04. The Bertz CT molecular complexity index is 1240. The van der Waals surface area contributed by atoms with Gasteiger partial charge in [-0.1, -0.05) is 42.8 Å². The summed E-state index contributed by atoms with van der Waals surface area (Å²) >= 11 is 0. The molecule has 1 aliphatic heterocycles. The lowest BCUT2D eigenvalue weighted by Gasteiger charge is -2.26. The van der Waals surface area contributed by atoms with Crippen LogP contribution in [0.2, 0.25) is 0 Å². The van der Waals surface area contributed by atoms with Crippen LogP contribution in [0.3, 0.4) is 0 Å². The van der Waals surface area contributed by atoms with Crippen LogP contribution in [0.15, 0.2) is 47.4 Å². The summed E-state index contributed by atoms with van der Waals surface area (Å²) in [5.74, 6) is -0.128. The van der Waals surface area contributed by atoms with E-state index in [0.29, 0.717) is 31.0 Å². The quantitative estimate of drug-likeness (QED) is 0.566. The van der Waals surface area contributed by atoms with E-state index in [-0.39, 0.29) is 17.3 Å². The van der Waals surface area contributed by atoms with E-state index in [1.807, 2.05) is 49.4 Å². The van der Waals surface area contributed by atoms with Crippen molar-refractivity contribution in [3.63, 3.8) is 0 Å². The molecule has 0 radical (unpaired) electrons. The van der Waals surface area contributed by atoms with Gasteiger partial charge in [0.15, 0.2) is 0 Å². The number of carbonyl (C=O) groups is 1. The van der Waals surface area contributed by atoms with Crippen molar-refractivity contribution in [3.05, 3.63) is 53.9 Å². The van der Waals surface area contributed by atoms with E-state index in [2.05, 4.69) is 5.10 Å². The van der Waals surface area contributed by atoms with Crippen LogP contribution < -0.4 is 4.90 Å². The first kappa shape index (κ1) is 22.5. The van der Waals surface area contributed by atoms with E-state index in [9.17, 15) is 13.2 Å². The van der Waals surface area contributed by atoms with Crippen LogP contribution in [-0.4, -0.2) is 48.0 Å². The molecule has 1 aliphatic rings. The fraction of sp³-hybridized carbons (Fsp3) is 0.417. The maximum absolute atomic E-state index is 13.3. The van der Waals surface area contributed by atoms with Gasteiger partial charge in [0.1, 0.15) is 11.4 Å². The summed E-state index contributed by atoms with van der Waals surface area (Å²) in [6.07, 6.45) is 2.81. The maximum Gasteiger partial charge on any atom is 0.248 e. The minimum Gasteiger partial charge on any atom is -0.310 e. The first-order valence-corrected chi connectivity index (χ1v) is 12.6. The van der Waals surface area contributed by atoms with Gasteiger partial charge in [-0.25, -0.2) is 8.42 Å². The van der Waals surface area contributed by atoms with Gasteiger partial charge >= 0.3 is 0 Å². The van der Waals surface area contributed by atoms with Gasteiger partial charge in [0.05, 0.1) is 17.1 Å². The Kier molecular flexibility index (Phi) is 6.35. The fourth-order valence-corrected chi connectivity index (χ4v) is 6.47. The lowest BCUT2D eigenvalue weighted by atomic mass is 10.1. The summed E-state index contributed by atoms with van der Waals surface area (Å²) in [6, 6.07) is 13.9. The number of aromatic nitrogens is 2. The first-order valence-electron chi connectivity index (χ1n) is 11.2. The number of hydrogen-bond donors (Lipinski definition) is 0. The molecule has 4 rings (SSSR count). The molecule has 1 aromatic heterocycles. The van der Waals surface area contributed by atoms with Crippen molar-refractivity contribution >= 4 is 32.4 Å². The molecular formula is C24H30N4O3S. The second kappa shape index (κ2) is 9.03. The standard InChI is InChI=1S/C24H30N4O3S/c1-4-27(22-14-10-12-20-11-6-7-13-21(20)22)23(29)17-28-19(3)24(18(2)25-28)32(30,31)26-15-8-5-9-16-26/h6-7,10-14H,4-5,8-9,15-17H2,1-3H3. The monoisotopic (exact) mass is 454 g/mol. The van der Waals surface area contributed by atoms with Crippen molar-refractivity contribution in [2.45, 2.75) is 51.5 Å². The van der Waals surface area contributed by atoms with Crippen LogP contribution in [0.4, 0.5) is 5.69 Å². The Balaban J connectivity index is 1.64. The number of piperidine rings is 1. The predicted molar refractivity (Wildman–Crippen MR) is 126 cm³/mol. The number of likely N-dealkylation sites (N-methyl/N-ethyl adjacent to an activating group) is 1. The second-order valence-corrected chi connectivity index (χ2v) is 10.1. The number of benzene rings is 2. The number of sulfonamides is 1. The largest absolute Gasteiger partial charge is 0.310 e. The molecule has 2 aromatic carbocycles. The van der Waals surface area contributed by atoms with Crippen molar-refractivity contribution in [2.75, 3.05) is 24.5 Å². The van der Waals surface area contributed by atoms with Gasteiger partial charge in [-0.2, -0.15) is 9.40 Å². The molecule has 32 heavy (non-hydrogen) atoms. The van der Waals surface area contributed by atoms with E-state index < -0.39 is 10.0 Å². The summed E-state index contributed by atoms with van der Waals surface area (Å²) in [5.41, 5.74) is 1.79. The Morgan fingerprint density at radius 3 is 2.44 bits per heavy atom. The highest BCUT2D eigenvalue weighted by Gasteiger charge is 2.32. The van der Waals surface area contributed by atoms with E-state index in [4.69, 9.17) is 0 Å². The highest BCUT2D eigenvalue weighted by molar-refractivity contribution is 7.89. The lowest BCUT2D eigenvalue weighted by molar-refractivity contribution is -0.119. The molecule has 7 nitrogen and oxygen atoms in total. The topological polar surface area (TPSA) is 75.5 Å². The lowest BCUT2D eigenvalue weighted by Crippen LogP contribution is -2.36. The number of nitrogens with zero attached hydrogens (tertiary/aromatic N) is 4. The second-order valence-electron chi connectivity index (χ2n) is 8.26. The Morgan fingerprint density at radius 2 is 1.72 bits per heavy atom. The van der Waals surface area contributed by atoms with Gasteiger partial charge in [0, 0.05) is 25.0 Å². The molecule has 0 saturated carbocycles. The average Bonchev–Trinajstić information content (AvgIpc) is 3.08. The van der Waals surface area contributed by atoms with E-state index in [1.165, 1.54) is 4.68 Å². The molecule has 0 unspecified atom stereocenters. The SMILES string of the molecule is CCN(C(=O)Cn1nc(C)c(S(=O)(=O)N2CCCCC2)c1C)c1cccc2ccccc12. The Labute approximate surface area is 189 Å². The number of aryl methyl sites for hydroxylation is 1. The Morgan fingerprint density at radius 1 is 1.03 bits per heavy atom. The molecule has 0 atom stereocenters. The number of anilines is 1. The predicted octanol–water partition coefficient (Wildman–Crippen LogP) is 3.88. The molecule has 0 spiro atoms. The number of fused-ring (bicyclic) bond motifs is 1. The van der Waals surface area contributed by atoms with Crippen LogP contribution in [0.5, 0.6) is 0 Å². The average molecular weight is 455 g/mol. The minimum absolute atomic E-state index is 0.0146. The van der Waals surface area contributed by atoms with Gasteiger partial charge in [-0.15, -0.1) is 0 Å². The van der Waals surface area contributed by atoms with Crippen LogP contribution in [-0.2, 0) is 21.4 Å². The maximum atomic E-state index is 13.3. The number of amides is 1. The van der Waals surface area contributed by atoms with Gasteiger partial charge < -0.3 is 4.90 Å². The molecule has 1 amide bonds. The third-order valence-electron chi connectivity index (χ3n) is 6.19. The van der Waals surface area contributed by atoms with Gasteiger partial charge in [0.2, 0.25) is 15.9 Å². The molecule has 8 heteroatoms. The van der Waals surface area contributed by atoms with Crippen LogP contribution in [0.1, 0.15) is 37.6 Å². The zero-order valence-corrected chi connectivity index (χ0v) is 19.7. The molecule has 3 aromatic rings.